The first-order valence-corrected chi connectivity index (χ1v) is 13.3. The van der Waals surface area contributed by atoms with Crippen LogP contribution in [-0.4, -0.2) is 47.4 Å². The maximum atomic E-state index is 13.7. The third kappa shape index (κ3) is 8.54. The highest BCUT2D eigenvalue weighted by Gasteiger charge is 2.31. The first kappa shape index (κ1) is 29.6. The SMILES string of the molecule is CCC(C)NC(=O)C(Cc1ccccc1)N(Cc1cccc(Br)c1)C(=O)COc1ccc([N+](=O)[O-])c(OC)c1. The number of carbonyl (C=O) groups is 2. The highest BCUT2D eigenvalue weighted by atomic mass is 79.9. The average Bonchev–Trinajstić information content (AvgIpc) is 2.93. The summed E-state index contributed by atoms with van der Waals surface area (Å²) in [5, 5.41) is 14.2. The van der Waals surface area contributed by atoms with Crippen molar-refractivity contribution in [3.63, 3.8) is 0 Å². The molecule has 206 valence electrons. The quantitative estimate of drug-likeness (QED) is 0.211. The van der Waals surface area contributed by atoms with Crippen molar-refractivity contribution >= 4 is 33.4 Å². The lowest BCUT2D eigenvalue weighted by molar-refractivity contribution is -0.385. The Hall–Kier alpha value is -3.92. The fourth-order valence-corrected chi connectivity index (χ4v) is 4.40. The van der Waals surface area contributed by atoms with E-state index in [1.54, 1.807) is 0 Å². The zero-order valence-electron chi connectivity index (χ0n) is 22.1. The van der Waals surface area contributed by atoms with Gasteiger partial charge in [-0.25, -0.2) is 0 Å². The molecule has 39 heavy (non-hydrogen) atoms. The summed E-state index contributed by atoms with van der Waals surface area (Å²) in [7, 11) is 1.32. The van der Waals surface area contributed by atoms with E-state index in [2.05, 4.69) is 21.2 Å². The van der Waals surface area contributed by atoms with Gasteiger partial charge in [0.15, 0.2) is 6.61 Å². The van der Waals surface area contributed by atoms with Crippen LogP contribution in [0.1, 0.15) is 31.4 Å². The maximum Gasteiger partial charge on any atom is 0.311 e. The third-order valence-corrected chi connectivity index (χ3v) is 6.72. The number of benzene rings is 3. The molecular formula is C29H32BrN3O6. The number of amides is 2. The van der Waals surface area contributed by atoms with Gasteiger partial charge in [0.1, 0.15) is 11.8 Å². The molecule has 2 unspecified atom stereocenters. The van der Waals surface area contributed by atoms with Gasteiger partial charge in [0.25, 0.3) is 5.91 Å². The van der Waals surface area contributed by atoms with Gasteiger partial charge in [0.2, 0.25) is 11.7 Å². The second kappa shape index (κ2) is 14.3. The van der Waals surface area contributed by atoms with E-state index in [1.807, 2.05) is 68.4 Å². The largest absolute Gasteiger partial charge is 0.490 e. The van der Waals surface area contributed by atoms with E-state index >= 15 is 0 Å². The summed E-state index contributed by atoms with van der Waals surface area (Å²) in [6.07, 6.45) is 1.06. The number of rotatable bonds is 13. The number of nitrogens with zero attached hydrogens (tertiary/aromatic N) is 2. The lowest BCUT2D eigenvalue weighted by atomic mass is 10.0. The molecule has 0 aromatic heterocycles. The van der Waals surface area contributed by atoms with E-state index in [9.17, 15) is 19.7 Å². The molecule has 0 aliphatic heterocycles. The van der Waals surface area contributed by atoms with Crippen LogP contribution >= 0.6 is 15.9 Å². The van der Waals surface area contributed by atoms with Crippen LogP contribution in [0.2, 0.25) is 0 Å². The Bertz CT molecular complexity index is 1290. The van der Waals surface area contributed by atoms with Crippen LogP contribution in [0.25, 0.3) is 0 Å². The minimum Gasteiger partial charge on any atom is -0.490 e. The number of hydrogen-bond donors (Lipinski definition) is 1. The molecule has 2 atom stereocenters. The number of nitro benzene ring substituents is 1. The highest BCUT2D eigenvalue weighted by Crippen LogP contribution is 2.31. The number of ether oxygens (including phenoxy) is 2. The Morgan fingerprint density at radius 2 is 1.77 bits per heavy atom. The second-order valence-corrected chi connectivity index (χ2v) is 9.97. The van der Waals surface area contributed by atoms with Gasteiger partial charge in [0, 0.05) is 35.6 Å². The van der Waals surface area contributed by atoms with Crippen LogP contribution in [0, 0.1) is 10.1 Å². The molecule has 3 aromatic rings. The zero-order valence-corrected chi connectivity index (χ0v) is 23.7. The van der Waals surface area contributed by atoms with Crippen molar-refractivity contribution in [1.29, 1.82) is 0 Å². The van der Waals surface area contributed by atoms with Crippen molar-refractivity contribution in [3.8, 4) is 11.5 Å². The molecule has 9 nitrogen and oxygen atoms in total. The van der Waals surface area contributed by atoms with Gasteiger partial charge in [-0.3, -0.25) is 19.7 Å². The van der Waals surface area contributed by atoms with Gasteiger partial charge in [-0.2, -0.15) is 0 Å². The Kier molecular flexibility index (Phi) is 10.9. The molecule has 0 spiro atoms. The van der Waals surface area contributed by atoms with E-state index in [0.29, 0.717) is 6.42 Å². The van der Waals surface area contributed by atoms with Crippen LogP contribution in [0.3, 0.4) is 0 Å². The zero-order chi connectivity index (χ0) is 28.4. The topological polar surface area (TPSA) is 111 Å². The predicted molar refractivity (Wildman–Crippen MR) is 152 cm³/mol. The van der Waals surface area contributed by atoms with Crippen molar-refractivity contribution in [1.82, 2.24) is 10.2 Å². The van der Waals surface area contributed by atoms with Crippen LogP contribution in [0.15, 0.2) is 77.3 Å². The lowest BCUT2D eigenvalue weighted by Gasteiger charge is -2.32. The van der Waals surface area contributed by atoms with Gasteiger partial charge >= 0.3 is 5.69 Å². The molecule has 0 saturated heterocycles. The molecule has 0 aliphatic rings. The summed E-state index contributed by atoms with van der Waals surface area (Å²) in [4.78, 5) is 39.4. The van der Waals surface area contributed by atoms with E-state index < -0.39 is 16.9 Å². The molecule has 0 fully saturated rings. The van der Waals surface area contributed by atoms with Crippen molar-refractivity contribution in [3.05, 3.63) is 98.5 Å². The van der Waals surface area contributed by atoms with Crippen molar-refractivity contribution < 1.29 is 24.0 Å². The Labute approximate surface area is 236 Å². The van der Waals surface area contributed by atoms with Crippen LogP contribution in [0.4, 0.5) is 5.69 Å². The molecule has 3 aromatic carbocycles. The van der Waals surface area contributed by atoms with Crippen molar-refractivity contribution in [2.24, 2.45) is 0 Å². The first-order chi connectivity index (χ1) is 18.7. The van der Waals surface area contributed by atoms with E-state index in [4.69, 9.17) is 9.47 Å². The molecule has 10 heteroatoms. The number of methoxy groups -OCH3 is 1. The molecule has 0 aliphatic carbocycles. The molecule has 3 rings (SSSR count). The van der Waals surface area contributed by atoms with Crippen molar-refractivity contribution in [2.75, 3.05) is 13.7 Å². The summed E-state index contributed by atoms with van der Waals surface area (Å²) >= 11 is 3.47. The third-order valence-electron chi connectivity index (χ3n) is 6.22. The number of halogens is 1. The van der Waals surface area contributed by atoms with Crippen LogP contribution in [-0.2, 0) is 22.6 Å². The Balaban J connectivity index is 1.92. The van der Waals surface area contributed by atoms with E-state index in [0.717, 1.165) is 22.0 Å². The number of hydrogen-bond acceptors (Lipinski definition) is 6. The summed E-state index contributed by atoms with van der Waals surface area (Å²) in [6.45, 7) is 3.70. The standard InChI is InChI=1S/C29H32BrN3O6/c1-4-20(2)31-29(35)26(16-21-9-6-5-7-10-21)32(18-22-11-8-12-23(30)15-22)28(34)19-39-24-13-14-25(33(36)37)27(17-24)38-3/h5-15,17,20,26H,4,16,18-19H2,1-3H3,(H,31,35). The Morgan fingerprint density at radius 3 is 2.41 bits per heavy atom. The molecule has 0 radical (unpaired) electrons. The summed E-state index contributed by atoms with van der Waals surface area (Å²) in [6, 6.07) is 20.2. The average molecular weight is 598 g/mol. The summed E-state index contributed by atoms with van der Waals surface area (Å²) in [5.41, 5.74) is 1.54. The Morgan fingerprint density at radius 1 is 1.05 bits per heavy atom. The second-order valence-electron chi connectivity index (χ2n) is 9.05. The molecule has 1 N–H and O–H groups in total. The highest BCUT2D eigenvalue weighted by molar-refractivity contribution is 9.10. The van der Waals surface area contributed by atoms with Crippen molar-refractivity contribution in [2.45, 2.75) is 45.3 Å². The normalized spacial score (nSPS) is 12.2. The first-order valence-electron chi connectivity index (χ1n) is 12.5. The van der Waals surface area contributed by atoms with E-state index in [1.165, 1.54) is 30.2 Å². The minimum absolute atomic E-state index is 0.0193. The van der Waals surface area contributed by atoms with Gasteiger partial charge in [-0.1, -0.05) is 65.3 Å². The number of carbonyl (C=O) groups excluding carboxylic acids is 2. The molecular weight excluding hydrogens is 566 g/mol. The van der Waals surface area contributed by atoms with Gasteiger partial charge in [-0.15, -0.1) is 0 Å². The van der Waals surface area contributed by atoms with E-state index in [-0.39, 0.29) is 42.3 Å². The number of nitro groups is 1. The molecule has 0 bridgehead atoms. The smallest absolute Gasteiger partial charge is 0.311 e. The van der Waals surface area contributed by atoms with Gasteiger partial charge in [-0.05, 0) is 42.7 Å². The lowest BCUT2D eigenvalue weighted by Crippen LogP contribution is -2.53. The number of nitrogens with one attached hydrogen (secondary N) is 1. The molecule has 0 saturated carbocycles. The van der Waals surface area contributed by atoms with Gasteiger partial charge in [0.05, 0.1) is 12.0 Å². The molecule has 2 amide bonds. The summed E-state index contributed by atoms with van der Waals surface area (Å²) < 4.78 is 11.7. The monoisotopic (exact) mass is 597 g/mol. The van der Waals surface area contributed by atoms with Crippen LogP contribution in [0.5, 0.6) is 11.5 Å². The minimum atomic E-state index is -0.803. The fraction of sp³-hybridized carbons (Fsp3) is 0.310. The predicted octanol–water partition coefficient (Wildman–Crippen LogP) is 5.30. The van der Waals surface area contributed by atoms with Crippen LogP contribution < -0.4 is 14.8 Å². The molecule has 0 heterocycles. The summed E-state index contributed by atoms with van der Waals surface area (Å²) in [5.74, 6) is -0.413. The fourth-order valence-electron chi connectivity index (χ4n) is 3.95. The maximum absolute atomic E-state index is 13.7. The van der Waals surface area contributed by atoms with Gasteiger partial charge < -0.3 is 19.7 Å².